The van der Waals surface area contributed by atoms with Crippen LogP contribution in [0.5, 0.6) is 0 Å². The summed E-state index contributed by atoms with van der Waals surface area (Å²) in [6.45, 7) is 0.0122. The number of amides is 1. The number of hydrogen-bond donors (Lipinski definition) is 3. The number of hydrogen-bond acceptors (Lipinski definition) is 5. The van der Waals surface area contributed by atoms with Gasteiger partial charge in [0.2, 0.25) is 5.91 Å². The van der Waals surface area contributed by atoms with E-state index >= 15 is 0 Å². The normalized spacial score (nSPS) is 11.7. The number of nitrogens with two attached hydrogens (primary N) is 1. The lowest BCUT2D eigenvalue weighted by atomic mass is 10.1. The van der Waals surface area contributed by atoms with Crippen molar-refractivity contribution in [1.29, 1.82) is 0 Å². The van der Waals surface area contributed by atoms with Gasteiger partial charge in [-0.15, -0.1) is 0 Å². The van der Waals surface area contributed by atoms with Gasteiger partial charge in [-0.25, -0.2) is 0 Å². The van der Waals surface area contributed by atoms with Crippen molar-refractivity contribution in [2.45, 2.75) is 25.4 Å². The van der Waals surface area contributed by atoms with E-state index in [-0.39, 0.29) is 25.1 Å². The molecule has 0 aliphatic heterocycles. The Balaban J connectivity index is 2.49. The molecule has 4 N–H and O–H groups in total. The highest BCUT2D eigenvalue weighted by molar-refractivity contribution is 5.78. The SMILES string of the molecule is N[C@@H](CCC(=O)NCc1ccccc1[N+](=O)[O-])C(=O)O. The van der Waals surface area contributed by atoms with Gasteiger partial charge in [0.15, 0.2) is 0 Å². The molecule has 8 nitrogen and oxygen atoms in total. The Hall–Kier alpha value is -2.48. The zero-order valence-electron chi connectivity index (χ0n) is 10.6. The second-order valence-electron chi connectivity index (χ2n) is 4.15. The Morgan fingerprint density at radius 1 is 1.40 bits per heavy atom. The fourth-order valence-electron chi connectivity index (χ4n) is 1.53. The van der Waals surface area contributed by atoms with Crippen molar-refractivity contribution in [3.05, 3.63) is 39.9 Å². The highest BCUT2D eigenvalue weighted by Crippen LogP contribution is 2.17. The highest BCUT2D eigenvalue weighted by Gasteiger charge is 2.15. The Morgan fingerprint density at radius 3 is 2.65 bits per heavy atom. The third kappa shape index (κ3) is 4.65. The van der Waals surface area contributed by atoms with Crippen LogP contribution in [0.2, 0.25) is 0 Å². The molecule has 0 radical (unpaired) electrons. The molecule has 1 rings (SSSR count). The van der Waals surface area contributed by atoms with E-state index in [1.807, 2.05) is 0 Å². The number of nitrogens with one attached hydrogen (secondary N) is 1. The van der Waals surface area contributed by atoms with Crippen LogP contribution in [0.4, 0.5) is 5.69 Å². The summed E-state index contributed by atoms with van der Waals surface area (Å²) in [7, 11) is 0. The molecule has 1 atom stereocenters. The summed E-state index contributed by atoms with van der Waals surface area (Å²) in [5, 5.41) is 21.8. The third-order valence-corrected chi connectivity index (χ3v) is 2.66. The number of nitro benzene ring substituents is 1. The van der Waals surface area contributed by atoms with Gasteiger partial charge < -0.3 is 16.2 Å². The number of aliphatic carboxylic acids is 1. The van der Waals surface area contributed by atoms with E-state index in [2.05, 4.69) is 5.32 Å². The Bertz CT molecular complexity index is 518. The number of benzene rings is 1. The Morgan fingerprint density at radius 2 is 2.05 bits per heavy atom. The molecular formula is C12H15N3O5. The van der Waals surface area contributed by atoms with E-state index in [4.69, 9.17) is 10.8 Å². The van der Waals surface area contributed by atoms with E-state index in [1.165, 1.54) is 12.1 Å². The van der Waals surface area contributed by atoms with Gasteiger partial charge in [0.25, 0.3) is 5.69 Å². The predicted octanol–water partition coefficient (Wildman–Crippen LogP) is 0.403. The molecule has 8 heteroatoms. The number of nitro groups is 1. The fraction of sp³-hybridized carbons (Fsp3) is 0.333. The van der Waals surface area contributed by atoms with Gasteiger partial charge in [-0.1, -0.05) is 18.2 Å². The van der Waals surface area contributed by atoms with Crippen molar-refractivity contribution in [3.63, 3.8) is 0 Å². The largest absolute Gasteiger partial charge is 0.480 e. The number of para-hydroxylation sites is 1. The standard InChI is InChI=1S/C12H15N3O5/c13-9(12(17)18)5-6-11(16)14-7-8-3-1-2-4-10(8)15(19)20/h1-4,9H,5-7,13H2,(H,14,16)(H,17,18)/t9-/m0/s1. The number of carboxylic acid groups (broad SMARTS) is 1. The molecule has 0 aromatic heterocycles. The molecule has 0 saturated heterocycles. The van der Waals surface area contributed by atoms with Crippen molar-refractivity contribution < 1.29 is 19.6 Å². The van der Waals surface area contributed by atoms with Gasteiger partial charge >= 0.3 is 5.97 Å². The van der Waals surface area contributed by atoms with Gasteiger partial charge in [0, 0.05) is 24.6 Å². The summed E-state index contributed by atoms with van der Waals surface area (Å²) >= 11 is 0. The minimum absolute atomic E-state index is 0.0120. The highest BCUT2D eigenvalue weighted by atomic mass is 16.6. The molecule has 0 fully saturated rings. The summed E-state index contributed by atoms with van der Waals surface area (Å²) in [5.74, 6) is -1.57. The average Bonchev–Trinajstić information content (AvgIpc) is 2.42. The van der Waals surface area contributed by atoms with Gasteiger partial charge in [0.05, 0.1) is 4.92 Å². The molecule has 0 aliphatic rings. The molecule has 1 aromatic rings. The summed E-state index contributed by atoms with van der Waals surface area (Å²) in [4.78, 5) is 32.2. The molecule has 108 valence electrons. The maximum Gasteiger partial charge on any atom is 0.320 e. The Kier molecular flexibility index (Phi) is 5.60. The van der Waals surface area contributed by atoms with Crippen LogP contribution in [0.15, 0.2) is 24.3 Å². The molecule has 1 aromatic carbocycles. The summed E-state index contributed by atoms with van der Waals surface area (Å²) in [6.07, 6.45) is -0.0356. The molecule has 0 heterocycles. The van der Waals surface area contributed by atoms with Crippen molar-refractivity contribution >= 4 is 17.6 Å². The molecular weight excluding hydrogens is 266 g/mol. The predicted molar refractivity (Wildman–Crippen MR) is 69.8 cm³/mol. The van der Waals surface area contributed by atoms with Crippen molar-refractivity contribution in [2.75, 3.05) is 0 Å². The van der Waals surface area contributed by atoms with Crippen LogP contribution >= 0.6 is 0 Å². The maximum absolute atomic E-state index is 11.5. The van der Waals surface area contributed by atoms with Crippen LogP contribution in [0.3, 0.4) is 0 Å². The molecule has 0 aliphatic carbocycles. The van der Waals surface area contributed by atoms with Crippen molar-refractivity contribution in [3.8, 4) is 0 Å². The quantitative estimate of drug-likeness (QED) is 0.489. The van der Waals surface area contributed by atoms with E-state index in [1.54, 1.807) is 12.1 Å². The van der Waals surface area contributed by atoms with Crippen LogP contribution in [-0.4, -0.2) is 27.9 Å². The maximum atomic E-state index is 11.5. The van der Waals surface area contributed by atoms with Crippen LogP contribution in [0, 0.1) is 10.1 Å². The van der Waals surface area contributed by atoms with Gasteiger partial charge in [0.1, 0.15) is 6.04 Å². The van der Waals surface area contributed by atoms with E-state index in [0.717, 1.165) is 0 Å². The van der Waals surface area contributed by atoms with Gasteiger partial charge in [-0.2, -0.15) is 0 Å². The lowest BCUT2D eigenvalue weighted by Crippen LogP contribution is -2.32. The molecule has 20 heavy (non-hydrogen) atoms. The fourth-order valence-corrected chi connectivity index (χ4v) is 1.53. The minimum atomic E-state index is -1.17. The zero-order valence-corrected chi connectivity index (χ0v) is 10.6. The zero-order chi connectivity index (χ0) is 15.1. The van der Waals surface area contributed by atoms with Gasteiger partial charge in [-0.05, 0) is 6.42 Å². The summed E-state index contributed by atoms with van der Waals surface area (Å²) < 4.78 is 0. The third-order valence-electron chi connectivity index (χ3n) is 2.66. The van der Waals surface area contributed by atoms with Crippen LogP contribution in [0.1, 0.15) is 18.4 Å². The average molecular weight is 281 g/mol. The molecule has 1 amide bonds. The minimum Gasteiger partial charge on any atom is -0.480 e. The summed E-state index contributed by atoms with van der Waals surface area (Å²) in [6, 6.07) is 4.97. The molecule has 0 saturated carbocycles. The van der Waals surface area contributed by atoms with Crippen LogP contribution in [0.25, 0.3) is 0 Å². The first-order valence-electron chi connectivity index (χ1n) is 5.89. The lowest BCUT2D eigenvalue weighted by Gasteiger charge is -2.07. The monoisotopic (exact) mass is 281 g/mol. The molecule has 0 unspecified atom stereocenters. The van der Waals surface area contributed by atoms with Crippen LogP contribution < -0.4 is 11.1 Å². The number of rotatable bonds is 7. The first kappa shape index (κ1) is 15.6. The second kappa shape index (κ2) is 7.19. The topological polar surface area (TPSA) is 136 Å². The number of nitrogens with zero attached hydrogens (tertiary/aromatic N) is 1. The Labute approximate surface area is 114 Å². The molecule has 0 spiro atoms. The smallest absolute Gasteiger partial charge is 0.320 e. The first-order chi connectivity index (χ1) is 9.41. The second-order valence-corrected chi connectivity index (χ2v) is 4.15. The van der Waals surface area contributed by atoms with E-state index in [9.17, 15) is 19.7 Å². The number of carboxylic acids is 1. The summed E-state index contributed by atoms with van der Waals surface area (Å²) in [5.41, 5.74) is 5.58. The number of carbonyl (C=O) groups excluding carboxylic acids is 1. The van der Waals surface area contributed by atoms with Crippen LogP contribution in [-0.2, 0) is 16.1 Å². The van der Waals surface area contributed by atoms with E-state index in [0.29, 0.717) is 5.56 Å². The van der Waals surface area contributed by atoms with Gasteiger partial charge in [-0.3, -0.25) is 19.7 Å². The number of carbonyl (C=O) groups is 2. The van der Waals surface area contributed by atoms with Crippen molar-refractivity contribution in [1.82, 2.24) is 5.32 Å². The van der Waals surface area contributed by atoms with Crippen molar-refractivity contribution in [2.24, 2.45) is 5.73 Å². The first-order valence-corrected chi connectivity index (χ1v) is 5.89. The van der Waals surface area contributed by atoms with E-state index < -0.39 is 22.8 Å². The molecule has 0 bridgehead atoms. The lowest BCUT2D eigenvalue weighted by molar-refractivity contribution is -0.385.